The van der Waals surface area contributed by atoms with Gasteiger partial charge in [-0.25, -0.2) is 0 Å². The molecule has 2 nitrogen and oxygen atoms in total. The molecule has 0 aliphatic heterocycles. The van der Waals surface area contributed by atoms with Gasteiger partial charge >= 0.3 is 0 Å². The predicted molar refractivity (Wildman–Crippen MR) is 36.6 cm³/mol. The maximum absolute atomic E-state index is 9.21. The van der Waals surface area contributed by atoms with Gasteiger partial charge in [0.2, 0.25) is 0 Å². The van der Waals surface area contributed by atoms with E-state index in [2.05, 4.69) is 0 Å². The average Bonchev–Trinajstić information content (AvgIpc) is 1.98. The van der Waals surface area contributed by atoms with E-state index in [-0.39, 0.29) is 0 Å². The lowest BCUT2D eigenvalue weighted by Gasteiger charge is -1.92. The standard InChI is InChI=1S/C7H11NO/c1-5-4-8(3)6(2)7(5)9/h4,9H,1-3H3. The molecule has 9 heavy (non-hydrogen) atoms. The Morgan fingerprint density at radius 2 is 2.00 bits per heavy atom. The van der Waals surface area contributed by atoms with Gasteiger partial charge in [-0.1, -0.05) is 0 Å². The van der Waals surface area contributed by atoms with E-state index in [1.807, 2.05) is 31.7 Å². The second kappa shape index (κ2) is 1.79. The first-order valence-electron chi connectivity index (χ1n) is 2.94. The molecule has 0 aliphatic carbocycles. The third-order valence-corrected chi connectivity index (χ3v) is 1.63. The lowest BCUT2D eigenvalue weighted by atomic mass is 10.3. The second-order valence-electron chi connectivity index (χ2n) is 2.36. The molecule has 1 aromatic heterocycles. The predicted octanol–water partition coefficient (Wildman–Crippen LogP) is 1.35. The maximum atomic E-state index is 9.21. The van der Waals surface area contributed by atoms with Crippen LogP contribution in [0.3, 0.4) is 0 Å². The molecular weight excluding hydrogens is 114 g/mol. The van der Waals surface area contributed by atoms with Gasteiger partial charge < -0.3 is 9.67 Å². The fourth-order valence-corrected chi connectivity index (χ4v) is 0.901. The molecule has 1 N–H and O–H groups in total. The van der Waals surface area contributed by atoms with E-state index in [1.54, 1.807) is 0 Å². The molecule has 0 amide bonds. The fraction of sp³-hybridized carbons (Fsp3) is 0.429. The van der Waals surface area contributed by atoms with Gasteiger partial charge in [0.15, 0.2) is 0 Å². The summed E-state index contributed by atoms with van der Waals surface area (Å²) in [6, 6.07) is 0. The summed E-state index contributed by atoms with van der Waals surface area (Å²) < 4.78 is 1.91. The number of aromatic nitrogens is 1. The first-order chi connectivity index (χ1) is 4.13. The summed E-state index contributed by atoms with van der Waals surface area (Å²) in [5, 5.41) is 9.21. The molecule has 1 heterocycles. The van der Waals surface area contributed by atoms with Crippen molar-refractivity contribution in [2.24, 2.45) is 7.05 Å². The number of hydrogen-bond acceptors (Lipinski definition) is 1. The topological polar surface area (TPSA) is 25.2 Å². The van der Waals surface area contributed by atoms with Crippen LogP contribution in [0.4, 0.5) is 0 Å². The molecule has 1 aromatic rings. The van der Waals surface area contributed by atoms with Crippen LogP contribution in [-0.4, -0.2) is 9.67 Å². The lowest BCUT2D eigenvalue weighted by Crippen LogP contribution is -1.85. The Balaban J connectivity index is 3.29. The van der Waals surface area contributed by atoms with E-state index in [0.717, 1.165) is 11.3 Å². The van der Waals surface area contributed by atoms with Gasteiger partial charge in [0.05, 0.1) is 5.69 Å². The van der Waals surface area contributed by atoms with Gasteiger partial charge in [0, 0.05) is 18.8 Å². The van der Waals surface area contributed by atoms with Crippen LogP contribution in [-0.2, 0) is 7.05 Å². The summed E-state index contributed by atoms with van der Waals surface area (Å²) in [5.41, 5.74) is 1.86. The number of hydrogen-bond donors (Lipinski definition) is 1. The Bertz CT molecular complexity index is 203. The molecule has 0 aliphatic rings. The first-order valence-corrected chi connectivity index (χ1v) is 2.94. The Hall–Kier alpha value is -0.920. The molecule has 2 heteroatoms. The number of aryl methyl sites for hydroxylation is 2. The lowest BCUT2D eigenvalue weighted by molar-refractivity contribution is 0.466. The van der Waals surface area contributed by atoms with Crippen molar-refractivity contribution in [2.45, 2.75) is 13.8 Å². The van der Waals surface area contributed by atoms with Crippen LogP contribution in [0.5, 0.6) is 5.75 Å². The minimum Gasteiger partial charge on any atom is -0.506 e. The average molecular weight is 125 g/mol. The van der Waals surface area contributed by atoms with Crippen molar-refractivity contribution in [1.29, 1.82) is 0 Å². The second-order valence-corrected chi connectivity index (χ2v) is 2.36. The molecule has 0 fully saturated rings. The van der Waals surface area contributed by atoms with E-state index in [9.17, 15) is 5.11 Å². The smallest absolute Gasteiger partial charge is 0.139 e. The van der Waals surface area contributed by atoms with Gasteiger partial charge in [-0.05, 0) is 13.8 Å². The molecule has 0 aromatic carbocycles. The Kier molecular flexibility index (Phi) is 1.24. The SMILES string of the molecule is Cc1cn(C)c(C)c1O. The minimum absolute atomic E-state index is 0.414. The van der Waals surface area contributed by atoms with E-state index in [0.29, 0.717) is 5.75 Å². The van der Waals surface area contributed by atoms with Crippen molar-refractivity contribution < 1.29 is 5.11 Å². The highest BCUT2D eigenvalue weighted by atomic mass is 16.3. The zero-order valence-electron chi connectivity index (χ0n) is 5.97. The van der Waals surface area contributed by atoms with E-state index in [1.165, 1.54) is 0 Å². The van der Waals surface area contributed by atoms with Crippen molar-refractivity contribution in [3.8, 4) is 5.75 Å². The van der Waals surface area contributed by atoms with E-state index >= 15 is 0 Å². The van der Waals surface area contributed by atoms with Crippen molar-refractivity contribution in [3.63, 3.8) is 0 Å². The van der Waals surface area contributed by atoms with Gasteiger partial charge in [0.1, 0.15) is 5.75 Å². The summed E-state index contributed by atoms with van der Waals surface area (Å²) in [6.07, 6.45) is 1.91. The van der Waals surface area contributed by atoms with Crippen LogP contribution in [0, 0.1) is 13.8 Å². The molecule has 0 saturated heterocycles. The Labute approximate surface area is 54.7 Å². The Morgan fingerprint density at radius 1 is 1.44 bits per heavy atom. The maximum Gasteiger partial charge on any atom is 0.139 e. The van der Waals surface area contributed by atoms with Gasteiger partial charge in [0.25, 0.3) is 0 Å². The molecule has 0 radical (unpaired) electrons. The zero-order chi connectivity index (χ0) is 7.02. The Morgan fingerprint density at radius 3 is 2.11 bits per heavy atom. The van der Waals surface area contributed by atoms with Crippen molar-refractivity contribution >= 4 is 0 Å². The zero-order valence-corrected chi connectivity index (χ0v) is 5.97. The van der Waals surface area contributed by atoms with Crippen molar-refractivity contribution in [1.82, 2.24) is 4.57 Å². The van der Waals surface area contributed by atoms with E-state index < -0.39 is 0 Å². The number of aromatic hydroxyl groups is 1. The first kappa shape index (κ1) is 6.20. The van der Waals surface area contributed by atoms with Crippen LogP contribution >= 0.6 is 0 Å². The third-order valence-electron chi connectivity index (χ3n) is 1.63. The normalized spacial score (nSPS) is 10.1. The van der Waals surface area contributed by atoms with Crippen molar-refractivity contribution in [3.05, 3.63) is 17.5 Å². The molecular formula is C7H11NO. The minimum atomic E-state index is 0.414. The van der Waals surface area contributed by atoms with Crippen LogP contribution in [0.1, 0.15) is 11.3 Å². The summed E-state index contributed by atoms with van der Waals surface area (Å²) in [5.74, 6) is 0.414. The molecule has 0 atom stereocenters. The van der Waals surface area contributed by atoms with Gasteiger partial charge in [-0.3, -0.25) is 0 Å². The molecule has 50 valence electrons. The number of nitrogens with zero attached hydrogens (tertiary/aromatic N) is 1. The van der Waals surface area contributed by atoms with Crippen LogP contribution in [0.15, 0.2) is 6.20 Å². The summed E-state index contributed by atoms with van der Waals surface area (Å²) in [6.45, 7) is 3.78. The fourth-order valence-electron chi connectivity index (χ4n) is 0.901. The highest BCUT2D eigenvalue weighted by molar-refractivity contribution is 5.35. The largest absolute Gasteiger partial charge is 0.506 e. The third kappa shape index (κ3) is 0.803. The van der Waals surface area contributed by atoms with Crippen LogP contribution < -0.4 is 0 Å². The van der Waals surface area contributed by atoms with Gasteiger partial charge in [-0.2, -0.15) is 0 Å². The van der Waals surface area contributed by atoms with Gasteiger partial charge in [-0.15, -0.1) is 0 Å². The molecule has 0 bridgehead atoms. The summed E-state index contributed by atoms with van der Waals surface area (Å²) >= 11 is 0. The number of rotatable bonds is 0. The van der Waals surface area contributed by atoms with Crippen LogP contribution in [0.2, 0.25) is 0 Å². The summed E-state index contributed by atoms with van der Waals surface area (Å²) in [4.78, 5) is 0. The molecule has 0 unspecified atom stereocenters. The highest BCUT2D eigenvalue weighted by Gasteiger charge is 2.02. The van der Waals surface area contributed by atoms with Crippen LogP contribution in [0.25, 0.3) is 0 Å². The van der Waals surface area contributed by atoms with E-state index in [4.69, 9.17) is 0 Å². The quantitative estimate of drug-likeness (QED) is 0.556. The van der Waals surface area contributed by atoms with Crippen molar-refractivity contribution in [2.75, 3.05) is 0 Å². The summed E-state index contributed by atoms with van der Waals surface area (Å²) in [7, 11) is 1.92. The monoisotopic (exact) mass is 125 g/mol. The molecule has 0 spiro atoms. The molecule has 1 rings (SSSR count). The molecule has 0 saturated carbocycles. The highest BCUT2D eigenvalue weighted by Crippen LogP contribution is 2.21.